The van der Waals surface area contributed by atoms with Crippen LogP contribution in [-0.4, -0.2) is 44.9 Å². The number of nitrogens with zero attached hydrogens (tertiary/aromatic N) is 1. The first-order chi connectivity index (χ1) is 13.3. The molecule has 0 atom stereocenters. The number of carbonyl (C=O) groups excluding carboxylic acids is 1. The van der Waals surface area contributed by atoms with Gasteiger partial charge in [-0.3, -0.25) is 4.79 Å². The van der Waals surface area contributed by atoms with Crippen molar-refractivity contribution in [3.63, 3.8) is 0 Å². The van der Waals surface area contributed by atoms with E-state index in [-0.39, 0.29) is 36.7 Å². The van der Waals surface area contributed by atoms with Crippen molar-refractivity contribution in [1.29, 1.82) is 0 Å². The minimum atomic E-state index is -3.78. The normalized spacial score (nSPS) is 11.5. The van der Waals surface area contributed by atoms with Crippen molar-refractivity contribution in [1.82, 2.24) is 9.62 Å². The average molecular weight is 408 g/mol. The van der Waals surface area contributed by atoms with E-state index in [1.54, 1.807) is 13.8 Å². The molecule has 152 valence electrons. The third-order valence-corrected chi connectivity index (χ3v) is 6.25. The minimum Gasteiger partial charge on any atom is -0.492 e. The highest BCUT2D eigenvalue weighted by atomic mass is 32.2. The SMILES string of the molecule is CCN(CC)S(=O)(=O)c1ccc(F)c(C(=O)NCCOc2ccc(C)cc2)c1. The standard InChI is InChI=1S/C20H25FN2O4S/c1-4-23(5-2)28(25,26)17-10-11-19(21)18(14-17)20(24)22-12-13-27-16-8-6-15(3)7-9-16/h6-11,14H,4-5,12-13H2,1-3H3,(H,22,24). The average Bonchev–Trinajstić information content (AvgIpc) is 2.67. The Bertz CT molecular complexity index is 910. The lowest BCUT2D eigenvalue weighted by molar-refractivity contribution is 0.0942. The number of nitrogens with one attached hydrogen (secondary N) is 1. The van der Waals surface area contributed by atoms with Gasteiger partial charge in [0.1, 0.15) is 18.2 Å². The number of sulfonamides is 1. The molecule has 2 rings (SSSR count). The van der Waals surface area contributed by atoms with Crippen molar-refractivity contribution >= 4 is 15.9 Å². The van der Waals surface area contributed by atoms with Gasteiger partial charge in [0.2, 0.25) is 10.0 Å². The Hall–Kier alpha value is -2.45. The Morgan fingerprint density at radius 2 is 1.75 bits per heavy atom. The second-order valence-electron chi connectivity index (χ2n) is 6.15. The van der Waals surface area contributed by atoms with Gasteiger partial charge in [-0.25, -0.2) is 12.8 Å². The van der Waals surface area contributed by atoms with Gasteiger partial charge < -0.3 is 10.1 Å². The van der Waals surface area contributed by atoms with E-state index >= 15 is 0 Å². The number of aryl methyl sites for hydroxylation is 1. The highest BCUT2D eigenvalue weighted by Crippen LogP contribution is 2.19. The summed E-state index contributed by atoms with van der Waals surface area (Å²) < 4.78 is 46.0. The Kier molecular flexibility index (Phi) is 7.53. The molecule has 1 N–H and O–H groups in total. The van der Waals surface area contributed by atoms with E-state index in [1.807, 2.05) is 31.2 Å². The molecule has 0 aliphatic heterocycles. The van der Waals surface area contributed by atoms with Crippen LogP contribution in [-0.2, 0) is 10.0 Å². The number of carbonyl (C=O) groups is 1. The van der Waals surface area contributed by atoms with Gasteiger partial charge in [0.25, 0.3) is 5.91 Å². The maximum atomic E-state index is 14.1. The molecular formula is C20H25FN2O4S. The molecule has 0 aromatic heterocycles. The molecule has 1 amide bonds. The largest absolute Gasteiger partial charge is 0.492 e. The van der Waals surface area contributed by atoms with Crippen molar-refractivity contribution in [2.24, 2.45) is 0 Å². The monoisotopic (exact) mass is 408 g/mol. The first-order valence-corrected chi connectivity index (χ1v) is 10.5. The number of ether oxygens (including phenoxy) is 1. The summed E-state index contributed by atoms with van der Waals surface area (Å²) in [7, 11) is -3.78. The Balaban J connectivity index is 2.03. The van der Waals surface area contributed by atoms with E-state index in [0.717, 1.165) is 17.7 Å². The maximum Gasteiger partial charge on any atom is 0.254 e. The van der Waals surface area contributed by atoms with Crippen molar-refractivity contribution in [2.45, 2.75) is 25.7 Å². The maximum absolute atomic E-state index is 14.1. The van der Waals surface area contributed by atoms with Gasteiger partial charge in [0, 0.05) is 13.1 Å². The quantitative estimate of drug-likeness (QED) is 0.648. The summed E-state index contributed by atoms with van der Waals surface area (Å²) in [5, 5.41) is 2.54. The Labute approximate surface area is 165 Å². The number of amides is 1. The van der Waals surface area contributed by atoms with E-state index in [1.165, 1.54) is 10.4 Å². The molecule has 0 saturated heterocycles. The molecule has 2 aromatic rings. The molecule has 0 heterocycles. The Morgan fingerprint density at radius 3 is 2.36 bits per heavy atom. The summed E-state index contributed by atoms with van der Waals surface area (Å²) >= 11 is 0. The van der Waals surface area contributed by atoms with Crippen LogP contribution in [0.25, 0.3) is 0 Å². The topological polar surface area (TPSA) is 75.7 Å². The van der Waals surface area contributed by atoms with Crippen LogP contribution in [0.15, 0.2) is 47.4 Å². The van der Waals surface area contributed by atoms with E-state index in [2.05, 4.69) is 5.32 Å². The molecule has 0 spiro atoms. The predicted octanol–water partition coefficient (Wildman–Crippen LogP) is 2.97. The van der Waals surface area contributed by atoms with E-state index in [4.69, 9.17) is 4.74 Å². The molecule has 28 heavy (non-hydrogen) atoms. The predicted molar refractivity (Wildman–Crippen MR) is 106 cm³/mol. The second-order valence-corrected chi connectivity index (χ2v) is 8.09. The summed E-state index contributed by atoms with van der Waals surface area (Å²) in [4.78, 5) is 12.2. The van der Waals surface area contributed by atoms with Crippen LogP contribution < -0.4 is 10.1 Å². The van der Waals surface area contributed by atoms with Crippen LogP contribution in [0.4, 0.5) is 4.39 Å². The third-order valence-electron chi connectivity index (χ3n) is 4.20. The summed E-state index contributed by atoms with van der Waals surface area (Å²) in [6, 6.07) is 10.7. The molecule has 0 aliphatic carbocycles. The lowest BCUT2D eigenvalue weighted by Crippen LogP contribution is -2.32. The Morgan fingerprint density at radius 1 is 1.11 bits per heavy atom. The fraction of sp³-hybridized carbons (Fsp3) is 0.350. The molecule has 0 unspecified atom stereocenters. The van der Waals surface area contributed by atoms with Gasteiger partial charge in [-0.15, -0.1) is 0 Å². The number of rotatable bonds is 9. The van der Waals surface area contributed by atoms with Crippen LogP contribution in [0.5, 0.6) is 5.75 Å². The summed E-state index contributed by atoms with van der Waals surface area (Å²) in [6.45, 7) is 6.32. The highest BCUT2D eigenvalue weighted by Gasteiger charge is 2.24. The first kappa shape index (κ1) is 21.8. The van der Waals surface area contributed by atoms with Crippen LogP contribution >= 0.6 is 0 Å². The summed E-state index contributed by atoms with van der Waals surface area (Å²) in [5.41, 5.74) is 0.791. The third kappa shape index (κ3) is 5.30. The van der Waals surface area contributed by atoms with Gasteiger partial charge in [-0.1, -0.05) is 31.5 Å². The minimum absolute atomic E-state index is 0.112. The van der Waals surface area contributed by atoms with Gasteiger partial charge in [-0.2, -0.15) is 4.31 Å². The summed E-state index contributed by atoms with van der Waals surface area (Å²) in [5.74, 6) is -0.810. The van der Waals surface area contributed by atoms with Crippen molar-refractivity contribution < 1.29 is 22.3 Å². The van der Waals surface area contributed by atoms with E-state index < -0.39 is 21.7 Å². The van der Waals surface area contributed by atoms with Gasteiger partial charge in [-0.05, 0) is 37.3 Å². The van der Waals surface area contributed by atoms with Gasteiger partial charge in [0.05, 0.1) is 17.0 Å². The smallest absolute Gasteiger partial charge is 0.254 e. The molecule has 0 fully saturated rings. The van der Waals surface area contributed by atoms with Crippen LogP contribution in [0.1, 0.15) is 29.8 Å². The number of benzene rings is 2. The fourth-order valence-electron chi connectivity index (χ4n) is 2.61. The van der Waals surface area contributed by atoms with E-state index in [9.17, 15) is 17.6 Å². The number of hydrogen-bond donors (Lipinski definition) is 1. The molecule has 8 heteroatoms. The fourth-order valence-corrected chi connectivity index (χ4v) is 4.10. The van der Waals surface area contributed by atoms with Crippen molar-refractivity contribution in [3.05, 3.63) is 59.4 Å². The zero-order chi connectivity index (χ0) is 20.7. The highest BCUT2D eigenvalue weighted by molar-refractivity contribution is 7.89. The second kappa shape index (κ2) is 9.66. The van der Waals surface area contributed by atoms with Crippen LogP contribution in [0.3, 0.4) is 0 Å². The molecule has 6 nitrogen and oxygen atoms in total. The first-order valence-electron chi connectivity index (χ1n) is 9.07. The number of halogens is 1. The summed E-state index contributed by atoms with van der Waals surface area (Å²) in [6.07, 6.45) is 0. The molecule has 0 radical (unpaired) electrons. The van der Waals surface area contributed by atoms with Gasteiger partial charge >= 0.3 is 0 Å². The lowest BCUT2D eigenvalue weighted by atomic mass is 10.2. The zero-order valence-corrected chi connectivity index (χ0v) is 17.1. The van der Waals surface area contributed by atoms with Crippen molar-refractivity contribution in [3.8, 4) is 5.75 Å². The number of hydrogen-bond acceptors (Lipinski definition) is 4. The zero-order valence-electron chi connectivity index (χ0n) is 16.2. The molecule has 2 aromatic carbocycles. The molecule has 0 saturated carbocycles. The van der Waals surface area contributed by atoms with E-state index in [0.29, 0.717) is 5.75 Å². The van der Waals surface area contributed by atoms with Crippen molar-refractivity contribution in [2.75, 3.05) is 26.2 Å². The molecular weight excluding hydrogens is 383 g/mol. The molecule has 0 bridgehead atoms. The lowest BCUT2D eigenvalue weighted by Gasteiger charge is -2.19. The van der Waals surface area contributed by atoms with Crippen LogP contribution in [0.2, 0.25) is 0 Å². The van der Waals surface area contributed by atoms with Crippen LogP contribution in [0, 0.1) is 12.7 Å². The molecule has 0 aliphatic rings. The van der Waals surface area contributed by atoms with Gasteiger partial charge in [0.15, 0.2) is 0 Å².